The highest BCUT2D eigenvalue weighted by Crippen LogP contribution is 2.66. The number of aromatic nitrogens is 1. The Morgan fingerprint density at radius 1 is 1.14 bits per heavy atom. The quantitative estimate of drug-likeness (QED) is 0.730. The zero-order chi connectivity index (χ0) is 20.4. The zero-order valence-electron chi connectivity index (χ0n) is 17.7. The van der Waals surface area contributed by atoms with Gasteiger partial charge in [-0.1, -0.05) is 51.1 Å². The molecule has 5 atom stereocenters. The lowest BCUT2D eigenvalue weighted by Gasteiger charge is -2.69. The molecular weight excluding hydrogens is 360 g/mol. The molecule has 3 aliphatic carbocycles. The summed E-state index contributed by atoms with van der Waals surface area (Å²) >= 11 is 0. The van der Waals surface area contributed by atoms with Gasteiger partial charge in [0.1, 0.15) is 6.61 Å². The summed E-state index contributed by atoms with van der Waals surface area (Å²) in [4.78, 5) is 17.1. The summed E-state index contributed by atoms with van der Waals surface area (Å²) in [5.74, 6) is 3.67. The van der Waals surface area contributed by atoms with Crippen LogP contribution >= 0.6 is 0 Å². The van der Waals surface area contributed by atoms with Crippen molar-refractivity contribution in [3.05, 3.63) is 59.8 Å². The molecule has 4 heteroatoms. The van der Waals surface area contributed by atoms with Gasteiger partial charge in [0.25, 0.3) is 5.91 Å². The Balaban J connectivity index is 0.000000830. The van der Waals surface area contributed by atoms with Gasteiger partial charge in [0.15, 0.2) is 0 Å². The summed E-state index contributed by atoms with van der Waals surface area (Å²) < 4.78 is 5.72. The number of ether oxygens (including phenoxy) is 1. The molecule has 0 bridgehead atoms. The first-order valence-electron chi connectivity index (χ1n) is 11.1. The van der Waals surface area contributed by atoms with Crippen molar-refractivity contribution in [2.45, 2.75) is 58.6 Å². The highest BCUT2D eigenvalue weighted by molar-refractivity contribution is 5.94. The molecule has 5 rings (SSSR count). The topological polar surface area (TPSA) is 51.2 Å². The van der Waals surface area contributed by atoms with Gasteiger partial charge in [-0.15, -0.1) is 0 Å². The van der Waals surface area contributed by atoms with Gasteiger partial charge in [-0.3, -0.25) is 4.79 Å². The number of nitrogens with one attached hydrogen (secondary N) is 1. The third kappa shape index (κ3) is 3.77. The van der Waals surface area contributed by atoms with Crippen LogP contribution in [-0.2, 0) is 6.61 Å². The minimum Gasteiger partial charge on any atom is -0.473 e. The molecule has 3 aliphatic rings. The van der Waals surface area contributed by atoms with Crippen molar-refractivity contribution >= 4 is 5.91 Å². The molecule has 2 aromatic rings. The average molecular weight is 395 g/mol. The number of benzene rings is 1. The largest absolute Gasteiger partial charge is 0.473 e. The van der Waals surface area contributed by atoms with E-state index in [0.717, 1.165) is 36.2 Å². The lowest BCUT2D eigenvalue weighted by molar-refractivity contribution is -0.163. The van der Waals surface area contributed by atoms with Crippen LogP contribution in [0.2, 0.25) is 0 Å². The molecule has 1 N–H and O–H groups in total. The van der Waals surface area contributed by atoms with E-state index in [9.17, 15) is 4.79 Å². The predicted molar refractivity (Wildman–Crippen MR) is 117 cm³/mol. The van der Waals surface area contributed by atoms with E-state index in [2.05, 4.69) is 17.2 Å². The molecule has 29 heavy (non-hydrogen) atoms. The Hall–Kier alpha value is -2.36. The first kappa shape index (κ1) is 19.9. The van der Waals surface area contributed by atoms with Crippen molar-refractivity contribution in [2.24, 2.45) is 23.7 Å². The van der Waals surface area contributed by atoms with Crippen LogP contribution in [0, 0.1) is 23.7 Å². The first-order valence-corrected chi connectivity index (χ1v) is 11.1. The number of pyridine rings is 1. The second-order valence-electron chi connectivity index (χ2n) is 8.80. The van der Waals surface area contributed by atoms with Crippen LogP contribution in [0.3, 0.4) is 0 Å². The van der Waals surface area contributed by atoms with Gasteiger partial charge in [-0.25, -0.2) is 4.98 Å². The minimum absolute atomic E-state index is 0. The number of hydrogen-bond donors (Lipinski definition) is 1. The molecule has 1 aromatic heterocycles. The fourth-order valence-corrected chi connectivity index (χ4v) is 5.93. The zero-order valence-corrected chi connectivity index (χ0v) is 17.7. The second-order valence-corrected chi connectivity index (χ2v) is 8.80. The third-order valence-electron chi connectivity index (χ3n) is 6.89. The van der Waals surface area contributed by atoms with Gasteiger partial charge in [0.2, 0.25) is 5.88 Å². The number of hydrogen-bond acceptors (Lipinski definition) is 3. The van der Waals surface area contributed by atoms with Gasteiger partial charge in [0.05, 0.1) is 5.56 Å². The molecule has 1 heterocycles. The maximum Gasteiger partial charge on any atom is 0.253 e. The smallest absolute Gasteiger partial charge is 0.253 e. The SMILES string of the molecule is CC.CC1CC2CC3CC(NC(=O)c4ccc(OCc5ccccc5)nc4)(C1)C23.[HH]. The van der Waals surface area contributed by atoms with Crippen molar-refractivity contribution in [3.63, 3.8) is 0 Å². The van der Waals surface area contributed by atoms with Crippen LogP contribution in [0.15, 0.2) is 48.7 Å². The van der Waals surface area contributed by atoms with Crippen molar-refractivity contribution in [1.29, 1.82) is 0 Å². The van der Waals surface area contributed by atoms with Crippen LogP contribution in [0.4, 0.5) is 0 Å². The Labute approximate surface area is 175 Å². The summed E-state index contributed by atoms with van der Waals surface area (Å²) in [6.45, 7) is 6.81. The molecule has 3 fully saturated rings. The van der Waals surface area contributed by atoms with Gasteiger partial charge in [-0.2, -0.15) is 0 Å². The van der Waals surface area contributed by atoms with Gasteiger partial charge < -0.3 is 10.1 Å². The van der Waals surface area contributed by atoms with Crippen LogP contribution in [0.25, 0.3) is 0 Å². The molecule has 0 saturated heterocycles. The van der Waals surface area contributed by atoms with E-state index in [-0.39, 0.29) is 12.9 Å². The Kier molecular flexibility index (Phi) is 5.62. The molecule has 1 aromatic carbocycles. The van der Waals surface area contributed by atoms with Crippen LogP contribution in [0.5, 0.6) is 5.88 Å². The fourth-order valence-electron chi connectivity index (χ4n) is 5.93. The fraction of sp³-hybridized carbons (Fsp3) is 0.520. The number of amides is 1. The maximum atomic E-state index is 12.8. The van der Waals surface area contributed by atoms with Crippen molar-refractivity contribution in [3.8, 4) is 5.88 Å². The lowest BCUT2D eigenvalue weighted by Crippen LogP contribution is -2.73. The van der Waals surface area contributed by atoms with Crippen molar-refractivity contribution < 1.29 is 11.0 Å². The Morgan fingerprint density at radius 2 is 1.93 bits per heavy atom. The van der Waals surface area contributed by atoms with Crippen LogP contribution < -0.4 is 10.1 Å². The second kappa shape index (κ2) is 8.17. The van der Waals surface area contributed by atoms with E-state index in [1.54, 1.807) is 12.3 Å². The number of carbonyl (C=O) groups excluding carboxylic acids is 1. The van der Waals surface area contributed by atoms with E-state index in [0.29, 0.717) is 24.0 Å². The molecule has 3 saturated carbocycles. The monoisotopic (exact) mass is 394 g/mol. The minimum atomic E-state index is 0. The molecule has 5 unspecified atom stereocenters. The summed E-state index contributed by atoms with van der Waals surface area (Å²) in [5.41, 5.74) is 1.76. The van der Waals surface area contributed by atoms with Gasteiger partial charge in [0, 0.05) is 19.2 Å². The highest BCUT2D eigenvalue weighted by atomic mass is 16.5. The standard InChI is InChI=1S/C23H26N2O2.C2H6.H2/c1-15-9-18-10-19-12-23(11-15,21(18)19)25-22(26)17-7-8-20(24-13-17)27-14-16-5-3-2-4-6-16;1-2;/h2-8,13,15,18-19,21H,9-12,14H2,1H3,(H,25,26);1-2H3;1H. The van der Waals surface area contributed by atoms with Crippen molar-refractivity contribution in [2.75, 3.05) is 0 Å². The lowest BCUT2D eigenvalue weighted by atomic mass is 9.39. The molecule has 4 nitrogen and oxygen atoms in total. The average Bonchev–Trinajstić information content (AvgIpc) is 2.72. The normalized spacial score (nSPS) is 31.1. The molecule has 0 aliphatic heterocycles. The summed E-state index contributed by atoms with van der Waals surface area (Å²) in [7, 11) is 0. The van der Waals surface area contributed by atoms with E-state index >= 15 is 0 Å². The number of carbonyl (C=O) groups is 1. The van der Waals surface area contributed by atoms with E-state index in [1.165, 1.54) is 12.8 Å². The number of rotatable bonds is 5. The molecule has 156 valence electrons. The molecule has 1 amide bonds. The van der Waals surface area contributed by atoms with Crippen LogP contribution in [-0.4, -0.2) is 16.4 Å². The summed E-state index contributed by atoms with van der Waals surface area (Å²) in [6.07, 6.45) is 6.64. The van der Waals surface area contributed by atoms with Gasteiger partial charge in [-0.05, 0) is 61.0 Å². The first-order chi connectivity index (χ1) is 14.1. The van der Waals surface area contributed by atoms with Crippen LogP contribution in [0.1, 0.15) is 63.8 Å². The van der Waals surface area contributed by atoms with Crippen molar-refractivity contribution in [1.82, 2.24) is 10.3 Å². The Morgan fingerprint density at radius 3 is 2.62 bits per heavy atom. The molecular formula is C25H34N2O2. The summed E-state index contributed by atoms with van der Waals surface area (Å²) in [6, 6.07) is 13.6. The summed E-state index contributed by atoms with van der Waals surface area (Å²) in [5, 5.41) is 3.40. The van der Waals surface area contributed by atoms with E-state index in [4.69, 9.17) is 4.74 Å². The van der Waals surface area contributed by atoms with E-state index < -0.39 is 0 Å². The van der Waals surface area contributed by atoms with E-state index in [1.807, 2.05) is 50.2 Å². The third-order valence-corrected chi connectivity index (χ3v) is 6.89. The number of nitrogens with zero attached hydrogens (tertiary/aromatic N) is 1. The highest BCUT2D eigenvalue weighted by Gasteiger charge is 2.65. The van der Waals surface area contributed by atoms with Gasteiger partial charge >= 0.3 is 0 Å². The molecule has 0 radical (unpaired) electrons. The maximum absolute atomic E-state index is 12.8. The Bertz CT molecular complexity index is 842. The predicted octanol–water partition coefficient (Wildman–Crippen LogP) is 5.49. The molecule has 0 spiro atoms.